The van der Waals surface area contributed by atoms with Crippen molar-refractivity contribution in [3.8, 4) is 0 Å². The van der Waals surface area contributed by atoms with E-state index in [1.54, 1.807) is 11.8 Å². The minimum atomic E-state index is -1.31. The number of hydrogen-bond donors (Lipinski definition) is 1. The third-order valence-corrected chi connectivity index (χ3v) is 5.19. The first-order valence-electron chi connectivity index (χ1n) is 9.44. The number of benzene rings is 1. The van der Waals surface area contributed by atoms with Gasteiger partial charge in [0.15, 0.2) is 0 Å². The molecule has 0 spiro atoms. The van der Waals surface area contributed by atoms with Gasteiger partial charge < -0.3 is 10.2 Å². The molecule has 4 amide bonds. The van der Waals surface area contributed by atoms with Gasteiger partial charge in [-0.2, -0.15) is 0 Å². The maximum atomic E-state index is 13.2. The number of urea groups is 1. The first-order valence-corrected chi connectivity index (χ1v) is 9.44. The summed E-state index contributed by atoms with van der Waals surface area (Å²) in [7, 11) is 0. The number of imide groups is 1. The second kappa shape index (κ2) is 8.50. The van der Waals surface area contributed by atoms with Gasteiger partial charge in [0.25, 0.3) is 5.91 Å². The number of unbranched alkanes of at least 4 members (excludes halogenated alkanes) is 1. The summed E-state index contributed by atoms with van der Waals surface area (Å²) < 4.78 is 13.2. The Morgan fingerprint density at radius 1 is 1.26 bits per heavy atom. The van der Waals surface area contributed by atoms with Gasteiger partial charge in [-0.3, -0.25) is 14.5 Å². The normalized spacial score (nSPS) is 20.6. The van der Waals surface area contributed by atoms with Crippen LogP contribution in [0.2, 0.25) is 0 Å². The van der Waals surface area contributed by atoms with E-state index >= 15 is 0 Å². The topological polar surface area (TPSA) is 69.7 Å². The van der Waals surface area contributed by atoms with E-state index < -0.39 is 23.3 Å². The van der Waals surface area contributed by atoms with Gasteiger partial charge in [-0.1, -0.05) is 32.4 Å². The van der Waals surface area contributed by atoms with E-state index in [-0.39, 0.29) is 18.5 Å². The average Bonchev–Trinajstić information content (AvgIpc) is 2.86. The van der Waals surface area contributed by atoms with Crippen LogP contribution in [0.3, 0.4) is 0 Å². The van der Waals surface area contributed by atoms with E-state index in [1.165, 1.54) is 24.3 Å². The Kier molecular flexibility index (Phi) is 6.57. The van der Waals surface area contributed by atoms with Crippen LogP contribution in [0.15, 0.2) is 24.3 Å². The van der Waals surface area contributed by atoms with Crippen molar-refractivity contribution in [3.63, 3.8) is 0 Å². The number of amides is 4. The minimum absolute atomic E-state index is 0.0355. The molecule has 0 saturated carbocycles. The smallest absolute Gasteiger partial charge is 0.325 e. The number of carbonyl (C=O) groups is 3. The summed E-state index contributed by atoms with van der Waals surface area (Å²) in [6.07, 6.45) is 2.61. The van der Waals surface area contributed by atoms with Crippen LogP contribution in [0.4, 0.5) is 9.18 Å². The van der Waals surface area contributed by atoms with E-state index in [9.17, 15) is 18.8 Å². The van der Waals surface area contributed by atoms with Crippen molar-refractivity contribution in [1.82, 2.24) is 15.1 Å². The zero-order chi connectivity index (χ0) is 20.2. The summed E-state index contributed by atoms with van der Waals surface area (Å²) in [5, 5.41) is 2.64. The van der Waals surface area contributed by atoms with Crippen LogP contribution >= 0.6 is 0 Å². The molecule has 0 unspecified atom stereocenters. The molecule has 0 radical (unpaired) electrons. The monoisotopic (exact) mass is 377 g/mol. The van der Waals surface area contributed by atoms with Crippen molar-refractivity contribution in [3.05, 3.63) is 35.6 Å². The Labute approximate surface area is 159 Å². The van der Waals surface area contributed by atoms with Gasteiger partial charge in [-0.05, 0) is 44.4 Å². The van der Waals surface area contributed by atoms with Gasteiger partial charge >= 0.3 is 6.03 Å². The molecule has 1 aromatic rings. The van der Waals surface area contributed by atoms with E-state index in [0.29, 0.717) is 12.1 Å². The molecule has 1 fully saturated rings. The molecule has 148 valence electrons. The van der Waals surface area contributed by atoms with Crippen molar-refractivity contribution >= 4 is 17.8 Å². The summed E-state index contributed by atoms with van der Waals surface area (Å²) in [5.74, 6) is -1.18. The van der Waals surface area contributed by atoms with Crippen LogP contribution in [0.25, 0.3) is 0 Å². The van der Waals surface area contributed by atoms with Crippen LogP contribution in [0.5, 0.6) is 0 Å². The Morgan fingerprint density at radius 2 is 1.89 bits per heavy atom. The van der Waals surface area contributed by atoms with Gasteiger partial charge in [0.2, 0.25) is 5.91 Å². The highest BCUT2D eigenvalue weighted by molar-refractivity contribution is 6.09. The van der Waals surface area contributed by atoms with E-state index in [1.807, 2.05) is 20.8 Å². The molecule has 7 heteroatoms. The fraction of sp³-hybridized carbons (Fsp3) is 0.550. The lowest BCUT2D eigenvalue weighted by Gasteiger charge is -2.30. The maximum absolute atomic E-state index is 13.2. The number of rotatable bonds is 8. The summed E-state index contributed by atoms with van der Waals surface area (Å²) in [6, 6.07) is 4.83. The molecule has 27 heavy (non-hydrogen) atoms. The molecule has 0 aliphatic carbocycles. The number of nitrogens with zero attached hydrogens (tertiary/aromatic N) is 2. The Balaban J connectivity index is 2.18. The van der Waals surface area contributed by atoms with Gasteiger partial charge in [0.1, 0.15) is 17.9 Å². The summed E-state index contributed by atoms with van der Waals surface area (Å²) in [6.45, 7) is 7.87. The molecule has 1 heterocycles. The average molecular weight is 377 g/mol. The summed E-state index contributed by atoms with van der Waals surface area (Å²) in [4.78, 5) is 40.8. The van der Waals surface area contributed by atoms with Crippen LogP contribution < -0.4 is 5.32 Å². The second-order valence-corrected chi connectivity index (χ2v) is 7.15. The van der Waals surface area contributed by atoms with Crippen LogP contribution in [0, 0.1) is 5.82 Å². The lowest BCUT2D eigenvalue weighted by molar-refractivity contribution is -0.140. The Hall–Kier alpha value is -2.44. The predicted octanol–water partition coefficient (Wildman–Crippen LogP) is 3.02. The molecule has 0 bridgehead atoms. The standard InChI is InChI=1S/C20H28FN3O3/c1-5-7-12-23(14(3)6-2)17(25)13-24-18(26)20(4,22-19(24)27)15-8-10-16(21)11-9-15/h8-11,14H,5-7,12-13H2,1-4H3,(H,22,27)/t14-,20+/m1/s1. The molecule has 1 aliphatic rings. The van der Waals surface area contributed by atoms with E-state index in [0.717, 1.165) is 24.2 Å². The zero-order valence-electron chi connectivity index (χ0n) is 16.4. The highest BCUT2D eigenvalue weighted by Gasteiger charge is 2.49. The summed E-state index contributed by atoms with van der Waals surface area (Å²) >= 11 is 0. The second-order valence-electron chi connectivity index (χ2n) is 7.15. The Morgan fingerprint density at radius 3 is 2.44 bits per heavy atom. The third-order valence-electron chi connectivity index (χ3n) is 5.19. The highest BCUT2D eigenvalue weighted by Crippen LogP contribution is 2.29. The largest absolute Gasteiger partial charge is 0.338 e. The van der Waals surface area contributed by atoms with Gasteiger partial charge in [0, 0.05) is 12.6 Å². The molecule has 1 N–H and O–H groups in total. The minimum Gasteiger partial charge on any atom is -0.338 e. The van der Waals surface area contributed by atoms with Crippen LogP contribution in [-0.2, 0) is 15.1 Å². The number of nitrogens with one attached hydrogen (secondary N) is 1. The lowest BCUT2D eigenvalue weighted by Crippen LogP contribution is -2.47. The molecular formula is C20H28FN3O3. The SMILES string of the molecule is CCCCN(C(=O)CN1C(=O)N[C@@](C)(c2ccc(F)cc2)C1=O)[C@H](C)CC. The van der Waals surface area contributed by atoms with Gasteiger partial charge in [-0.15, -0.1) is 0 Å². The van der Waals surface area contributed by atoms with E-state index in [2.05, 4.69) is 5.32 Å². The number of halogens is 1. The molecule has 1 aliphatic heterocycles. The zero-order valence-corrected chi connectivity index (χ0v) is 16.4. The maximum Gasteiger partial charge on any atom is 0.325 e. The molecule has 2 rings (SSSR count). The van der Waals surface area contributed by atoms with Crippen molar-refractivity contribution in [1.29, 1.82) is 0 Å². The highest BCUT2D eigenvalue weighted by atomic mass is 19.1. The fourth-order valence-corrected chi connectivity index (χ4v) is 3.19. The fourth-order valence-electron chi connectivity index (χ4n) is 3.19. The van der Waals surface area contributed by atoms with Crippen molar-refractivity contribution in [2.24, 2.45) is 0 Å². The molecule has 2 atom stereocenters. The molecule has 1 aromatic carbocycles. The van der Waals surface area contributed by atoms with Crippen LogP contribution in [-0.4, -0.2) is 46.8 Å². The van der Waals surface area contributed by atoms with Crippen molar-refractivity contribution in [2.75, 3.05) is 13.1 Å². The lowest BCUT2D eigenvalue weighted by atomic mass is 9.92. The van der Waals surface area contributed by atoms with Crippen LogP contribution in [0.1, 0.15) is 52.5 Å². The van der Waals surface area contributed by atoms with Crippen molar-refractivity contribution < 1.29 is 18.8 Å². The molecular weight excluding hydrogens is 349 g/mol. The van der Waals surface area contributed by atoms with E-state index in [4.69, 9.17) is 0 Å². The quantitative estimate of drug-likeness (QED) is 0.708. The Bertz CT molecular complexity index is 707. The van der Waals surface area contributed by atoms with Gasteiger partial charge in [0.05, 0.1) is 0 Å². The first-order chi connectivity index (χ1) is 12.7. The van der Waals surface area contributed by atoms with Gasteiger partial charge in [-0.25, -0.2) is 9.18 Å². The predicted molar refractivity (Wildman–Crippen MR) is 100 cm³/mol. The molecule has 1 saturated heterocycles. The third kappa shape index (κ3) is 4.28. The number of hydrogen-bond acceptors (Lipinski definition) is 3. The summed E-state index contributed by atoms with van der Waals surface area (Å²) in [5.41, 5.74) is -0.836. The number of carbonyl (C=O) groups excluding carboxylic acids is 3. The van der Waals surface area contributed by atoms with Crippen molar-refractivity contribution in [2.45, 2.75) is 58.5 Å². The molecule has 6 nitrogen and oxygen atoms in total. The first kappa shape index (κ1) is 20.9. The molecule has 0 aromatic heterocycles.